The quantitative estimate of drug-likeness (QED) is 0.895. The molecule has 0 atom stereocenters. The summed E-state index contributed by atoms with van der Waals surface area (Å²) in [6.07, 6.45) is -1.76. The Balaban J connectivity index is 2.15. The summed E-state index contributed by atoms with van der Waals surface area (Å²) in [4.78, 5) is 15.6. The van der Waals surface area contributed by atoms with Gasteiger partial charge in [0.15, 0.2) is 0 Å². The maximum Gasteiger partial charge on any atom is 0.417 e. The summed E-state index contributed by atoms with van der Waals surface area (Å²) < 4.78 is 45.5. The first kappa shape index (κ1) is 19.1. The fourth-order valence-corrected chi connectivity index (χ4v) is 2.44. The van der Waals surface area contributed by atoms with Gasteiger partial charge in [-0.15, -0.1) is 0 Å². The van der Waals surface area contributed by atoms with Crippen LogP contribution in [0.1, 0.15) is 38.8 Å². The SMILES string of the molecule is CCc1cn(CCNC(=O)OC(C)(C)C)c2ncc(C(F)(F)F)cc12. The van der Waals surface area contributed by atoms with E-state index in [1.807, 2.05) is 6.92 Å². The lowest BCUT2D eigenvalue weighted by Crippen LogP contribution is -2.34. The van der Waals surface area contributed by atoms with Gasteiger partial charge in [0.1, 0.15) is 11.2 Å². The number of alkyl carbamates (subject to hydrolysis) is 1. The monoisotopic (exact) mass is 357 g/mol. The molecule has 0 unspecified atom stereocenters. The Morgan fingerprint density at radius 2 is 2.00 bits per heavy atom. The van der Waals surface area contributed by atoms with Crippen LogP contribution < -0.4 is 5.32 Å². The topological polar surface area (TPSA) is 56.2 Å². The van der Waals surface area contributed by atoms with E-state index in [4.69, 9.17) is 4.74 Å². The van der Waals surface area contributed by atoms with Gasteiger partial charge in [0.25, 0.3) is 0 Å². The third-order valence-corrected chi connectivity index (χ3v) is 3.53. The van der Waals surface area contributed by atoms with Crippen molar-refractivity contribution in [2.45, 2.75) is 52.4 Å². The average Bonchev–Trinajstić information content (AvgIpc) is 2.82. The fraction of sp³-hybridized carbons (Fsp3) is 0.529. The highest BCUT2D eigenvalue weighted by Gasteiger charge is 2.31. The number of nitrogens with one attached hydrogen (secondary N) is 1. The Morgan fingerprint density at radius 3 is 2.56 bits per heavy atom. The largest absolute Gasteiger partial charge is 0.444 e. The predicted octanol–water partition coefficient (Wildman–Crippen LogP) is 4.14. The van der Waals surface area contributed by atoms with Gasteiger partial charge in [0, 0.05) is 30.9 Å². The molecule has 0 aliphatic carbocycles. The van der Waals surface area contributed by atoms with Gasteiger partial charge in [0.2, 0.25) is 0 Å². The fourth-order valence-electron chi connectivity index (χ4n) is 2.44. The highest BCUT2D eigenvalue weighted by molar-refractivity contribution is 5.81. The van der Waals surface area contributed by atoms with E-state index >= 15 is 0 Å². The van der Waals surface area contributed by atoms with Gasteiger partial charge in [-0.05, 0) is 38.8 Å². The van der Waals surface area contributed by atoms with Crippen LogP contribution in [0.4, 0.5) is 18.0 Å². The number of ether oxygens (including phenoxy) is 1. The normalized spacial score (nSPS) is 12.4. The molecule has 0 bridgehead atoms. The molecular formula is C17H22F3N3O2. The van der Waals surface area contributed by atoms with Crippen molar-refractivity contribution < 1.29 is 22.7 Å². The number of hydrogen-bond acceptors (Lipinski definition) is 3. The van der Waals surface area contributed by atoms with Crippen LogP contribution in [0.25, 0.3) is 11.0 Å². The number of amides is 1. The molecule has 2 aromatic rings. The lowest BCUT2D eigenvalue weighted by Gasteiger charge is -2.19. The number of alkyl halides is 3. The average molecular weight is 357 g/mol. The predicted molar refractivity (Wildman–Crippen MR) is 88.3 cm³/mol. The minimum atomic E-state index is -4.42. The summed E-state index contributed by atoms with van der Waals surface area (Å²) in [5, 5.41) is 3.11. The molecule has 5 nitrogen and oxygen atoms in total. The van der Waals surface area contributed by atoms with E-state index in [0.717, 1.165) is 17.8 Å². The first-order valence-corrected chi connectivity index (χ1v) is 8.03. The van der Waals surface area contributed by atoms with Gasteiger partial charge in [0.05, 0.1) is 5.56 Å². The number of rotatable bonds is 4. The zero-order chi connectivity index (χ0) is 18.8. The number of hydrogen-bond donors (Lipinski definition) is 1. The van der Waals surface area contributed by atoms with E-state index in [0.29, 0.717) is 24.0 Å². The number of nitrogens with zero attached hydrogens (tertiary/aromatic N) is 2. The van der Waals surface area contributed by atoms with Crippen LogP contribution in [0.5, 0.6) is 0 Å². The second-order valence-corrected chi connectivity index (χ2v) is 6.72. The Morgan fingerprint density at radius 1 is 1.32 bits per heavy atom. The molecular weight excluding hydrogens is 335 g/mol. The van der Waals surface area contributed by atoms with Crippen molar-refractivity contribution in [1.29, 1.82) is 0 Å². The number of aryl methyl sites for hydroxylation is 1. The van der Waals surface area contributed by atoms with Gasteiger partial charge in [-0.2, -0.15) is 13.2 Å². The lowest BCUT2D eigenvalue weighted by molar-refractivity contribution is -0.137. The Bertz CT molecular complexity index is 761. The molecule has 25 heavy (non-hydrogen) atoms. The lowest BCUT2D eigenvalue weighted by atomic mass is 10.1. The maximum absolute atomic E-state index is 12.9. The highest BCUT2D eigenvalue weighted by atomic mass is 19.4. The second kappa shape index (κ2) is 6.93. The van der Waals surface area contributed by atoms with Crippen LogP contribution in [-0.2, 0) is 23.9 Å². The van der Waals surface area contributed by atoms with Crippen molar-refractivity contribution in [2.75, 3.05) is 6.54 Å². The molecule has 0 radical (unpaired) electrons. The summed E-state index contributed by atoms with van der Waals surface area (Å²) in [7, 11) is 0. The molecule has 0 aliphatic rings. The summed E-state index contributed by atoms with van der Waals surface area (Å²) in [6, 6.07) is 1.12. The van der Waals surface area contributed by atoms with Crippen molar-refractivity contribution in [3.63, 3.8) is 0 Å². The Hall–Kier alpha value is -2.25. The minimum absolute atomic E-state index is 0.282. The van der Waals surface area contributed by atoms with Crippen molar-refractivity contribution in [1.82, 2.24) is 14.9 Å². The van der Waals surface area contributed by atoms with Crippen LogP contribution in [0, 0.1) is 0 Å². The Kier molecular flexibility index (Phi) is 5.29. The summed E-state index contributed by atoms with van der Waals surface area (Å²) in [5.74, 6) is 0. The highest BCUT2D eigenvalue weighted by Crippen LogP contribution is 2.32. The molecule has 2 aromatic heterocycles. The van der Waals surface area contributed by atoms with E-state index in [2.05, 4.69) is 10.3 Å². The molecule has 1 N–H and O–H groups in total. The van der Waals surface area contributed by atoms with Crippen molar-refractivity contribution in [3.8, 4) is 0 Å². The third-order valence-electron chi connectivity index (χ3n) is 3.53. The number of halogens is 3. The standard InChI is InChI=1S/C17H22F3N3O2/c1-5-11-10-23(7-6-21-15(24)25-16(2,3)4)14-13(11)8-12(9-22-14)17(18,19)20/h8-10H,5-7H2,1-4H3,(H,21,24). The van der Waals surface area contributed by atoms with E-state index in [-0.39, 0.29) is 6.54 Å². The number of carbonyl (C=O) groups is 1. The second-order valence-electron chi connectivity index (χ2n) is 6.72. The van der Waals surface area contributed by atoms with Crippen molar-refractivity contribution >= 4 is 17.1 Å². The zero-order valence-electron chi connectivity index (χ0n) is 14.7. The van der Waals surface area contributed by atoms with Crippen molar-refractivity contribution in [3.05, 3.63) is 29.6 Å². The first-order chi connectivity index (χ1) is 11.5. The number of carbonyl (C=O) groups excluding carboxylic acids is 1. The summed E-state index contributed by atoms with van der Waals surface area (Å²) in [6.45, 7) is 7.84. The maximum atomic E-state index is 12.9. The van der Waals surface area contributed by atoms with Crippen LogP contribution in [0.3, 0.4) is 0 Å². The van der Waals surface area contributed by atoms with Crippen LogP contribution in [-0.4, -0.2) is 27.8 Å². The van der Waals surface area contributed by atoms with E-state index in [9.17, 15) is 18.0 Å². The van der Waals surface area contributed by atoms with E-state index in [1.165, 1.54) is 0 Å². The number of aromatic nitrogens is 2. The molecule has 1 amide bonds. The molecule has 0 saturated heterocycles. The van der Waals surface area contributed by atoms with Crippen LogP contribution >= 0.6 is 0 Å². The molecule has 138 valence electrons. The molecule has 0 fully saturated rings. The molecule has 0 saturated carbocycles. The smallest absolute Gasteiger partial charge is 0.417 e. The van der Waals surface area contributed by atoms with Gasteiger partial charge >= 0.3 is 12.3 Å². The van der Waals surface area contributed by atoms with Gasteiger partial charge in [-0.3, -0.25) is 0 Å². The first-order valence-electron chi connectivity index (χ1n) is 8.03. The summed E-state index contributed by atoms with van der Waals surface area (Å²) in [5.41, 5.74) is -0.101. The zero-order valence-corrected chi connectivity index (χ0v) is 14.7. The molecule has 2 rings (SSSR count). The van der Waals surface area contributed by atoms with E-state index < -0.39 is 23.4 Å². The van der Waals surface area contributed by atoms with Crippen molar-refractivity contribution in [2.24, 2.45) is 0 Å². The molecule has 0 spiro atoms. The van der Waals surface area contributed by atoms with Gasteiger partial charge in [-0.1, -0.05) is 6.92 Å². The summed E-state index contributed by atoms with van der Waals surface area (Å²) >= 11 is 0. The third kappa shape index (κ3) is 4.87. The van der Waals surface area contributed by atoms with Crippen LogP contribution in [0.2, 0.25) is 0 Å². The molecule has 0 aromatic carbocycles. The Labute approximate surface area is 144 Å². The van der Waals surface area contributed by atoms with Gasteiger partial charge in [-0.25, -0.2) is 9.78 Å². The minimum Gasteiger partial charge on any atom is -0.444 e. The van der Waals surface area contributed by atoms with Crippen LogP contribution in [0.15, 0.2) is 18.5 Å². The van der Waals surface area contributed by atoms with Gasteiger partial charge < -0.3 is 14.6 Å². The number of fused-ring (bicyclic) bond motifs is 1. The van der Waals surface area contributed by atoms with E-state index in [1.54, 1.807) is 31.5 Å². The number of pyridine rings is 1. The molecule has 2 heterocycles. The molecule has 8 heteroatoms. The molecule has 0 aliphatic heterocycles.